The molecule has 2 heterocycles. The minimum Gasteiger partial charge on any atom is -0.355 e. The Kier molecular flexibility index (Phi) is 6.61. The third kappa shape index (κ3) is 4.68. The maximum Gasteiger partial charge on any atom is 0.259 e. The second-order valence-electron chi connectivity index (χ2n) is 7.60. The van der Waals surface area contributed by atoms with Gasteiger partial charge < -0.3 is 10.2 Å². The predicted molar refractivity (Wildman–Crippen MR) is 92.4 cm³/mol. The van der Waals surface area contributed by atoms with Gasteiger partial charge in [-0.25, -0.2) is 4.39 Å². The zero-order valence-corrected chi connectivity index (χ0v) is 15.3. The lowest BCUT2D eigenvalue weighted by Gasteiger charge is -2.38. The Bertz CT molecular complexity index is 456. The van der Waals surface area contributed by atoms with Crippen LogP contribution in [0.25, 0.3) is 0 Å². The van der Waals surface area contributed by atoms with Gasteiger partial charge in [0.05, 0.1) is 6.04 Å². The van der Waals surface area contributed by atoms with Crippen LogP contribution in [0.4, 0.5) is 4.39 Å². The molecule has 0 aliphatic carbocycles. The summed E-state index contributed by atoms with van der Waals surface area (Å²) in [5.74, 6) is 0.0436. The summed E-state index contributed by atoms with van der Waals surface area (Å²) in [4.78, 5) is 28.1. The SMILES string of the molecule is CCCCC(C)(F)C(=O)N1CCCC(CN(C)C2CCNC2=O)C1. The van der Waals surface area contributed by atoms with Gasteiger partial charge in [0.1, 0.15) is 0 Å². The van der Waals surface area contributed by atoms with E-state index in [1.54, 1.807) is 4.90 Å². The van der Waals surface area contributed by atoms with Crippen LogP contribution in [0.3, 0.4) is 0 Å². The molecule has 0 radical (unpaired) electrons. The van der Waals surface area contributed by atoms with Crippen molar-refractivity contribution in [1.29, 1.82) is 0 Å². The zero-order valence-electron chi connectivity index (χ0n) is 15.3. The molecule has 5 nitrogen and oxygen atoms in total. The topological polar surface area (TPSA) is 52.7 Å². The van der Waals surface area contributed by atoms with Crippen LogP contribution in [-0.2, 0) is 9.59 Å². The lowest BCUT2D eigenvalue weighted by atomic mass is 9.93. The molecule has 2 aliphatic heterocycles. The summed E-state index contributed by atoms with van der Waals surface area (Å²) in [5.41, 5.74) is -1.75. The van der Waals surface area contributed by atoms with E-state index in [4.69, 9.17) is 0 Å². The quantitative estimate of drug-likeness (QED) is 0.770. The minimum atomic E-state index is -1.75. The van der Waals surface area contributed by atoms with Crippen molar-refractivity contribution < 1.29 is 14.0 Å². The predicted octanol–water partition coefficient (Wildman–Crippen LogP) is 1.96. The fourth-order valence-corrected chi connectivity index (χ4v) is 3.88. The van der Waals surface area contributed by atoms with Gasteiger partial charge in [0, 0.05) is 26.2 Å². The maximum absolute atomic E-state index is 14.7. The monoisotopic (exact) mass is 341 g/mol. The number of carbonyl (C=O) groups excluding carboxylic acids is 2. The van der Waals surface area contributed by atoms with Crippen molar-refractivity contribution in [3.8, 4) is 0 Å². The van der Waals surface area contributed by atoms with E-state index in [1.165, 1.54) is 6.92 Å². The fraction of sp³-hybridized carbons (Fsp3) is 0.889. The second kappa shape index (κ2) is 8.28. The van der Waals surface area contributed by atoms with E-state index in [0.717, 1.165) is 45.2 Å². The van der Waals surface area contributed by atoms with Crippen LogP contribution >= 0.6 is 0 Å². The van der Waals surface area contributed by atoms with Gasteiger partial charge in [-0.2, -0.15) is 0 Å². The normalized spacial score (nSPS) is 27.2. The first-order chi connectivity index (χ1) is 11.3. The van der Waals surface area contributed by atoms with Crippen molar-refractivity contribution in [2.24, 2.45) is 5.92 Å². The summed E-state index contributed by atoms with van der Waals surface area (Å²) in [6, 6.07) is -0.0629. The fourth-order valence-electron chi connectivity index (χ4n) is 3.88. The van der Waals surface area contributed by atoms with Crippen molar-refractivity contribution in [3.63, 3.8) is 0 Å². The van der Waals surface area contributed by atoms with Gasteiger partial charge in [-0.05, 0) is 45.6 Å². The first-order valence-corrected chi connectivity index (χ1v) is 9.31. The summed E-state index contributed by atoms with van der Waals surface area (Å²) < 4.78 is 14.7. The lowest BCUT2D eigenvalue weighted by Crippen LogP contribution is -2.51. The average Bonchev–Trinajstić information content (AvgIpc) is 2.98. The van der Waals surface area contributed by atoms with Gasteiger partial charge in [-0.15, -0.1) is 0 Å². The third-order valence-electron chi connectivity index (χ3n) is 5.35. The van der Waals surface area contributed by atoms with Gasteiger partial charge in [-0.3, -0.25) is 14.5 Å². The Labute approximate surface area is 144 Å². The molecule has 2 aliphatic rings. The van der Waals surface area contributed by atoms with Crippen LogP contribution in [-0.4, -0.2) is 66.6 Å². The van der Waals surface area contributed by atoms with E-state index < -0.39 is 5.67 Å². The van der Waals surface area contributed by atoms with Crippen molar-refractivity contribution in [1.82, 2.24) is 15.1 Å². The molecule has 2 rings (SSSR count). The largest absolute Gasteiger partial charge is 0.355 e. The standard InChI is InChI=1S/C18H32FN3O2/c1-4-5-9-18(2,19)17(24)22-11-6-7-14(13-22)12-21(3)15-8-10-20-16(15)23/h14-15H,4-13H2,1-3H3,(H,20,23). The molecule has 3 atom stereocenters. The highest BCUT2D eigenvalue weighted by molar-refractivity contribution is 5.85. The molecule has 138 valence electrons. The molecule has 0 spiro atoms. The molecule has 2 saturated heterocycles. The molecule has 2 amide bonds. The van der Waals surface area contributed by atoms with Gasteiger partial charge in [0.15, 0.2) is 5.67 Å². The molecular weight excluding hydrogens is 309 g/mol. The lowest BCUT2D eigenvalue weighted by molar-refractivity contribution is -0.145. The number of rotatable bonds is 7. The average molecular weight is 341 g/mol. The van der Waals surface area contributed by atoms with Crippen molar-refractivity contribution >= 4 is 11.8 Å². The van der Waals surface area contributed by atoms with E-state index in [0.29, 0.717) is 25.4 Å². The number of alkyl halides is 1. The number of hydrogen-bond donors (Lipinski definition) is 1. The Balaban J connectivity index is 1.89. The smallest absolute Gasteiger partial charge is 0.259 e. The number of likely N-dealkylation sites (tertiary alicyclic amines) is 1. The van der Waals surface area contributed by atoms with Crippen LogP contribution < -0.4 is 5.32 Å². The van der Waals surface area contributed by atoms with E-state index in [9.17, 15) is 14.0 Å². The first-order valence-electron chi connectivity index (χ1n) is 9.31. The van der Waals surface area contributed by atoms with Crippen LogP contribution in [0.5, 0.6) is 0 Å². The summed E-state index contributed by atoms with van der Waals surface area (Å²) in [5, 5.41) is 2.86. The van der Waals surface area contributed by atoms with Gasteiger partial charge in [0.25, 0.3) is 5.91 Å². The highest BCUT2D eigenvalue weighted by Gasteiger charge is 2.38. The highest BCUT2D eigenvalue weighted by Crippen LogP contribution is 2.26. The van der Waals surface area contributed by atoms with Crippen LogP contribution in [0.1, 0.15) is 52.4 Å². The number of hydrogen-bond acceptors (Lipinski definition) is 3. The number of likely N-dealkylation sites (N-methyl/N-ethyl adjacent to an activating group) is 1. The number of piperidine rings is 1. The summed E-state index contributed by atoms with van der Waals surface area (Å²) in [6.07, 6.45) is 4.69. The van der Waals surface area contributed by atoms with Crippen molar-refractivity contribution in [2.45, 2.75) is 64.1 Å². The zero-order chi connectivity index (χ0) is 17.7. The van der Waals surface area contributed by atoms with Crippen LogP contribution in [0.2, 0.25) is 0 Å². The molecule has 0 aromatic heterocycles. The molecule has 24 heavy (non-hydrogen) atoms. The Hall–Kier alpha value is -1.17. The number of nitrogens with one attached hydrogen (secondary N) is 1. The molecule has 0 bridgehead atoms. The molecule has 1 N–H and O–H groups in total. The molecule has 6 heteroatoms. The Morgan fingerprint density at radius 3 is 2.83 bits per heavy atom. The third-order valence-corrected chi connectivity index (χ3v) is 5.35. The minimum absolute atomic E-state index is 0.0629. The van der Waals surface area contributed by atoms with Gasteiger partial charge >= 0.3 is 0 Å². The molecule has 0 aromatic carbocycles. The summed E-state index contributed by atoms with van der Waals surface area (Å²) in [6.45, 7) is 6.19. The molecular formula is C18H32FN3O2. The molecule has 2 fully saturated rings. The summed E-state index contributed by atoms with van der Waals surface area (Å²) in [7, 11) is 1.97. The van der Waals surface area contributed by atoms with Crippen molar-refractivity contribution in [3.05, 3.63) is 0 Å². The van der Waals surface area contributed by atoms with E-state index >= 15 is 0 Å². The number of nitrogens with zero attached hydrogens (tertiary/aromatic N) is 2. The van der Waals surface area contributed by atoms with Gasteiger partial charge in [-0.1, -0.05) is 19.8 Å². The highest BCUT2D eigenvalue weighted by atomic mass is 19.1. The Morgan fingerprint density at radius 2 is 2.21 bits per heavy atom. The number of amides is 2. The van der Waals surface area contributed by atoms with Gasteiger partial charge in [0.2, 0.25) is 5.91 Å². The van der Waals surface area contributed by atoms with E-state index in [1.807, 2.05) is 14.0 Å². The number of halogens is 1. The molecule has 0 aromatic rings. The van der Waals surface area contributed by atoms with E-state index in [2.05, 4.69) is 10.2 Å². The summed E-state index contributed by atoms with van der Waals surface area (Å²) >= 11 is 0. The molecule has 0 saturated carbocycles. The van der Waals surface area contributed by atoms with Crippen LogP contribution in [0.15, 0.2) is 0 Å². The van der Waals surface area contributed by atoms with Crippen molar-refractivity contribution in [2.75, 3.05) is 33.2 Å². The second-order valence-corrected chi connectivity index (χ2v) is 7.60. The molecule has 3 unspecified atom stereocenters. The number of carbonyl (C=O) groups is 2. The Morgan fingerprint density at radius 1 is 1.46 bits per heavy atom. The maximum atomic E-state index is 14.7. The number of unbranched alkanes of at least 4 members (excludes halogenated alkanes) is 1. The first kappa shape index (κ1) is 19.2. The van der Waals surface area contributed by atoms with E-state index in [-0.39, 0.29) is 17.9 Å². The van der Waals surface area contributed by atoms with Crippen LogP contribution in [0, 0.1) is 5.92 Å².